The van der Waals surface area contributed by atoms with Crippen LogP contribution in [0.3, 0.4) is 0 Å². The van der Waals surface area contributed by atoms with Gasteiger partial charge in [0.05, 0.1) is 25.4 Å². The lowest BCUT2D eigenvalue weighted by Crippen LogP contribution is -2.26. The lowest BCUT2D eigenvalue weighted by Gasteiger charge is -2.23. The fraction of sp³-hybridized carbons (Fsp3) is 0.130. The summed E-state index contributed by atoms with van der Waals surface area (Å²) in [5.41, 5.74) is -0.516. The first-order valence-electron chi connectivity index (χ1n) is 9.19. The third-order valence-corrected chi connectivity index (χ3v) is 4.64. The number of anilines is 1. The van der Waals surface area contributed by atoms with Gasteiger partial charge in [-0.2, -0.15) is 13.2 Å². The average Bonchev–Trinajstić information content (AvgIpc) is 3.01. The number of methoxy groups -OCH3 is 2. The van der Waals surface area contributed by atoms with Gasteiger partial charge in [0, 0.05) is 11.9 Å². The highest BCUT2D eigenvalue weighted by molar-refractivity contribution is 6.05. The summed E-state index contributed by atoms with van der Waals surface area (Å²) in [4.78, 5) is 26.0. The zero-order valence-corrected chi connectivity index (χ0v) is 16.9. The lowest BCUT2D eigenvalue weighted by atomic mass is 10.0. The molecule has 0 radical (unpaired) electrons. The van der Waals surface area contributed by atoms with Crippen LogP contribution in [-0.2, 0) is 25.2 Å². The first-order chi connectivity index (χ1) is 15.2. The maximum Gasteiger partial charge on any atom is 0.419 e. The molecule has 0 unspecified atom stereocenters. The van der Waals surface area contributed by atoms with Gasteiger partial charge in [-0.25, -0.2) is 14.0 Å². The highest BCUT2D eigenvalue weighted by atomic mass is 19.4. The summed E-state index contributed by atoms with van der Waals surface area (Å²) in [6.45, 7) is 0. The van der Waals surface area contributed by atoms with Crippen molar-refractivity contribution in [3.8, 4) is 11.1 Å². The average molecular weight is 447 g/mol. The van der Waals surface area contributed by atoms with Crippen LogP contribution < -0.4 is 4.90 Å². The summed E-state index contributed by atoms with van der Waals surface area (Å²) in [6.07, 6.45) is 1.23. The molecular weight excluding hydrogens is 430 g/mol. The molecule has 0 aliphatic carbocycles. The smallest absolute Gasteiger partial charge is 0.419 e. The van der Waals surface area contributed by atoms with E-state index in [4.69, 9.17) is 9.47 Å². The van der Waals surface area contributed by atoms with Gasteiger partial charge in [0.15, 0.2) is 0 Å². The van der Waals surface area contributed by atoms with Crippen LogP contribution in [0.15, 0.2) is 78.2 Å². The molecule has 1 aliphatic rings. The molecule has 1 aliphatic heterocycles. The van der Waals surface area contributed by atoms with Gasteiger partial charge < -0.3 is 14.4 Å². The number of esters is 2. The summed E-state index contributed by atoms with van der Waals surface area (Å²) in [6, 6.07) is 8.85. The Kier molecular flexibility index (Phi) is 6.47. The van der Waals surface area contributed by atoms with E-state index >= 15 is 0 Å². The SMILES string of the molecule is COC(=O)C1=C(C(=O)OC)N(c2ccc(-c3ccc(F)c(C(F)(F)F)c3)cc2)C=CC=C1. The van der Waals surface area contributed by atoms with Gasteiger partial charge in [-0.05, 0) is 47.5 Å². The van der Waals surface area contributed by atoms with Crippen molar-refractivity contribution in [2.45, 2.75) is 6.18 Å². The number of hydrogen-bond acceptors (Lipinski definition) is 5. The summed E-state index contributed by atoms with van der Waals surface area (Å²) in [5, 5.41) is 0. The van der Waals surface area contributed by atoms with E-state index in [0.717, 1.165) is 19.2 Å². The van der Waals surface area contributed by atoms with E-state index in [-0.39, 0.29) is 16.8 Å². The molecule has 3 rings (SSSR count). The van der Waals surface area contributed by atoms with Gasteiger partial charge in [0.1, 0.15) is 11.5 Å². The number of carbonyl (C=O) groups excluding carboxylic acids is 2. The number of halogens is 4. The molecule has 1 heterocycles. The molecule has 0 bridgehead atoms. The summed E-state index contributed by atoms with van der Waals surface area (Å²) < 4.78 is 62.2. The first kappa shape index (κ1) is 22.8. The monoisotopic (exact) mass is 447 g/mol. The maximum absolute atomic E-state index is 13.6. The third kappa shape index (κ3) is 4.56. The molecular formula is C23H17F4NO4. The van der Waals surface area contributed by atoms with Crippen molar-refractivity contribution in [2.24, 2.45) is 0 Å². The Morgan fingerprint density at radius 2 is 1.50 bits per heavy atom. The van der Waals surface area contributed by atoms with Gasteiger partial charge in [-0.3, -0.25) is 0 Å². The molecule has 32 heavy (non-hydrogen) atoms. The predicted octanol–water partition coefficient (Wildman–Crippen LogP) is 5.00. The first-order valence-corrected chi connectivity index (χ1v) is 9.19. The number of benzene rings is 2. The molecule has 0 spiro atoms. The van der Waals surface area contributed by atoms with Crippen molar-refractivity contribution in [3.63, 3.8) is 0 Å². The highest BCUT2D eigenvalue weighted by Gasteiger charge is 2.34. The van der Waals surface area contributed by atoms with E-state index in [2.05, 4.69) is 0 Å². The standard InChI is InChI=1S/C23H17F4NO4/c1-31-21(29)17-5-3-4-12-28(20(17)22(30)32-2)16-9-6-14(7-10-16)15-8-11-19(24)18(13-15)23(25,26)27/h3-13H,1-2H3. The molecule has 2 aromatic rings. The molecule has 0 amide bonds. The number of ether oxygens (including phenoxy) is 2. The second kappa shape index (κ2) is 9.09. The minimum Gasteiger partial charge on any atom is -0.465 e. The molecule has 0 saturated carbocycles. The van der Waals surface area contributed by atoms with Crippen LogP contribution in [0.4, 0.5) is 23.2 Å². The zero-order chi connectivity index (χ0) is 23.5. The second-order valence-electron chi connectivity index (χ2n) is 6.56. The van der Waals surface area contributed by atoms with E-state index in [1.807, 2.05) is 0 Å². The van der Waals surface area contributed by atoms with E-state index in [0.29, 0.717) is 11.3 Å². The van der Waals surface area contributed by atoms with Crippen molar-refractivity contribution in [1.82, 2.24) is 0 Å². The quantitative estimate of drug-likeness (QED) is 0.488. The maximum atomic E-state index is 13.6. The third-order valence-electron chi connectivity index (χ3n) is 4.64. The van der Waals surface area contributed by atoms with Crippen LogP contribution in [0.2, 0.25) is 0 Å². The van der Waals surface area contributed by atoms with Crippen molar-refractivity contribution in [2.75, 3.05) is 19.1 Å². The minimum absolute atomic E-state index is 0.0400. The predicted molar refractivity (Wildman–Crippen MR) is 109 cm³/mol. The number of carbonyl (C=O) groups is 2. The van der Waals surface area contributed by atoms with Crippen LogP contribution in [0, 0.1) is 5.82 Å². The Labute approximate surface area is 180 Å². The van der Waals surface area contributed by atoms with Gasteiger partial charge in [-0.15, -0.1) is 0 Å². The fourth-order valence-electron chi connectivity index (χ4n) is 3.10. The van der Waals surface area contributed by atoms with Gasteiger partial charge in [0.2, 0.25) is 0 Å². The molecule has 0 atom stereocenters. The van der Waals surface area contributed by atoms with Crippen molar-refractivity contribution >= 4 is 17.6 Å². The van der Waals surface area contributed by atoms with Crippen LogP contribution in [0.5, 0.6) is 0 Å². The Hall–Kier alpha value is -3.88. The topological polar surface area (TPSA) is 55.8 Å². The van der Waals surface area contributed by atoms with E-state index in [1.54, 1.807) is 24.3 Å². The van der Waals surface area contributed by atoms with Gasteiger partial charge >= 0.3 is 18.1 Å². The van der Waals surface area contributed by atoms with Crippen LogP contribution in [-0.4, -0.2) is 26.2 Å². The molecule has 166 valence electrons. The van der Waals surface area contributed by atoms with Crippen molar-refractivity contribution in [3.05, 3.63) is 89.5 Å². The molecule has 2 aromatic carbocycles. The molecule has 0 N–H and O–H groups in total. The summed E-state index contributed by atoms with van der Waals surface area (Å²) in [7, 11) is 2.34. The number of nitrogens with zero attached hydrogens (tertiary/aromatic N) is 1. The minimum atomic E-state index is -4.83. The zero-order valence-electron chi connectivity index (χ0n) is 16.9. The van der Waals surface area contributed by atoms with Crippen molar-refractivity contribution < 1.29 is 36.6 Å². The van der Waals surface area contributed by atoms with Crippen LogP contribution >= 0.6 is 0 Å². The Morgan fingerprint density at radius 1 is 0.875 bits per heavy atom. The van der Waals surface area contributed by atoms with Crippen molar-refractivity contribution in [1.29, 1.82) is 0 Å². The van der Waals surface area contributed by atoms with Crippen LogP contribution in [0.25, 0.3) is 11.1 Å². The van der Waals surface area contributed by atoms with E-state index < -0.39 is 29.5 Å². The molecule has 0 aromatic heterocycles. The normalized spacial score (nSPS) is 13.8. The molecule has 5 nitrogen and oxygen atoms in total. The number of rotatable bonds is 4. The number of allylic oxidation sites excluding steroid dienone is 2. The van der Waals surface area contributed by atoms with Crippen LogP contribution in [0.1, 0.15) is 5.56 Å². The highest BCUT2D eigenvalue weighted by Crippen LogP contribution is 2.35. The molecule has 0 saturated heterocycles. The molecule has 0 fully saturated rings. The largest absolute Gasteiger partial charge is 0.465 e. The Morgan fingerprint density at radius 3 is 2.09 bits per heavy atom. The van der Waals surface area contributed by atoms with Gasteiger partial charge in [-0.1, -0.05) is 24.3 Å². The van der Waals surface area contributed by atoms with Gasteiger partial charge in [0.25, 0.3) is 0 Å². The fourth-order valence-corrected chi connectivity index (χ4v) is 3.10. The van der Waals surface area contributed by atoms with E-state index in [1.165, 1.54) is 42.5 Å². The lowest BCUT2D eigenvalue weighted by molar-refractivity contribution is -0.140. The van der Waals surface area contributed by atoms with E-state index in [9.17, 15) is 27.2 Å². The Bertz CT molecular complexity index is 1130. The number of hydrogen-bond donors (Lipinski definition) is 0. The Balaban J connectivity index is 2.04. The number of alkyl halides is 3. The molecule has 9 heteroatoms. The summed E-state index contributed by atoms with van der Waals surface area (Å²) in [5.74, 6) is -2.90. The summed E-state index contributed by atoms with van der Waals surface area (Å²) >= 11 is 0. The second-order valence-corrected chi connectivity index (χ2v) is 6.56.